The van der Waals surface area contributed by atoms with Crippen molar-refractivity contribution in [3.63, 3.8) is 0 Å². The van der Waals surface area contributed by atoms with Crippen molar-refractivity contribution in [1.82, 2.24) is 40.9 Å². The third-order valence-corrected chi connectivity index (χ3v) is 14.5. The van der Waals surface area contributed by atoms with Gasteiger partial charge in [-0.25, -0.2) is 0 Å². The molecule has 6 amide bonds. The molecule has 0 saturated carbocycles. The molecule has 17 heteroatoms. The number of amides is 6. The summed E-state index contributed by atoms with van der Waals surface area (Å²) in [7, 11) is 3.37. The molecule has 0 radical (unpaired) electrons. The maximum Gasteiger partial charge on any atom is 0.416 e. The predicted molar refractivity (Wildman–Crippen MR) is 280 cm³/mol. The first-order chi connectivity index (χ1) is 34.2. The maximum absolute atomic E-state index is 14.2. The number of alkyl halides is 3. The van der Waals surface area contributed by atoms with E-state index in [0.29, 0.717) is 63.8 Å². The number of unbranched alkanes of at least 4 members (excludes halogenated alkanes) is 5. The molecule has 2 aromatic rings. The first kappa shape index (κ1) is 60.5. The van der Waals surface area contributed by atoms with Crippen LogP contribution >= 0.6 is 0 Å². The van der Waals surface area contributed by atoms with E-state index < -0.39 is 46.7 Å². The number of likely N-dealkylation sites (N-methyl/N-ethyl adjacent to an activating group) is 2. The van der Waals surface area contributed by atoms with Gasteiger partial charge in [-0.05, 0) is 107 Å². The molecular formula is C56H87F3N8O6. The Labute approximate surface area is 433 Å². The Morgan fingerprint density at radius 3 is 1.40 bits per heavy atom. The van der Waals surface area contributed by atoms with E-state index in [1.165, 1.54) is 6.07 Å². The van der Waals surface area contributed by atoms with Crippen LogP contribution in [0.5, 0.6) is 0 Å². The van der Waals surface area contributed by atoms with Crippen molar-refractivity contribution in [2.45, 2.75) is 195 Å². The summed E-state index contributed by atoms with van der Waals surface area (Å²) in [6.07, 6.45) is 3.31. The summed E-state index contributed by atoms with van der Waals surface area (Å²) in [6.45, 7) is 18.8. The number of likely N-dealkylation sites (tertiary alicyclic amines) is 2. The number of carbonyl (C=O) groups excluding carboxylic acids is 6. The fraction of sp³-hybridized carbons (Fsp3) is 0.679. The van der Waals surface area contributed by atoms with Gasteiger partial charge in [0.15, 0.2) is 0 Å². The second-order valence-electron chi connectivity index (χ2n) is 22.6. The molecule has 2 fully saturated rings. The van der Waals surface area contributed by atoms with E-state index in [2.05, 4.69) is 27.3 Å². The average molecular weight is 1030 g/mol. The maximum atomic E-state index is 14.2. The van der Waals surface area contributed by atoms with Crippen molar-refractivity contribution in [2.75, 3.05) is 40.3 Å². The van der Waals surface area contributed by atoms with Crippen LogP contribution in [0, 0.1) is 17.8 Å². The lowest BCUT2D eigenvalue weighted by Crippen LogP contribution is -2.59. The number of carbonyl (C=O) groups is 6. The van der Waals surface area contributed by atoms with Gasteiger partial charge in [-0.2, -0.15) is 13.2 Å². The number of hydrogen-bond donors (Lipinski definition) is 4. The molecule has 2 saturated heterocycles. The van der Waals surface area contributed by atoms with Gasteiger partial charge in [0, 0.05) is 64.2 Å². The molecule has 2 heterocycles. The molecule has 73 heavy (non-hydrogen) atoms. The Hall–Kier alpha value is -5.03. The highest BCUT2D eigenvalue weighted by Crippen LogP contribution is 2.32. The average Bonchev–Trinajstić information content (AvgIpc) is 4.00. The summed E-state index contributed by atoms with van der Waals surface area (Å²) in [5.41, 5.74) is 0.486. The topological polar surface area (TPSA) is 163 Å². The highest BCUT2D eigenvalue weighted by atomic mass is 19.4. The standard InChI is InChI=1S/C56H87F3N8O6/c1-38-22-18-23-41(32-38)34-64(36-44-26-20-30-66(44)52(72)48(54(4,5)6)62-50(70)39(2)60-10)46(68)28-16-14-12-13-15-17-29-47(69)65(35-42-24-19-25-43(33-42)56(57,58)59)37-45-27-21-31-67(45)53(73)49(55(7,8)9)63-51(71)40(3)61-11/h18-19,22-25,32-33,39-40,44-45,48-49,60-61H,12-17,20-21,26-31,34-37H2,1-11H3,(H,62,70)(H,63,71)/t39-,40-,44-,45-,48?,49+/m0/s1. The lowest BCUT2D eigenvalue weighted by Gasteiger charge is -2.37. The van der Waals surface area contributed by atoms with Gasteiger partial charge in [0.1, 0.15) is 12.1 Å². The summed E-state index contributed by atoms with van der Waals surface area (Å²) in [4.78, 5) is 89.5. The minimum Gasteiger partial charge on any atom is -0.342 e. The fourth-order valence-corrected chi connectivity index (χ4v) is 9.75. The Morgan fingerprint density at radius 2 is 1.01 bits per heavy atom. The van der Waals surface area contributed by atoms with Crippen LogP contribution in [-0.4, -0.2) is 132 Å². The van der Waals surface area contributed by atoms with Crippen LogP contribution in [0.1, 0.15) is 155 Å². The molecule has 0 aliphatic carbocycles. The Balaban J connectivity index is 1.37. The zero-order chi connectivity index (χ0) is 54.3. The van der Waals surface area contributed by atoms with Crippen LogP contribution in [0.4, 0.5) is 13.2 Å². The van der Waals surface area contributed by atoms with Crippen molar-refractivity contribution in [1.29, 1.82) is 0 Å². The highest BCUT2D eigenvalue weighted by Gasteiger charge is 2.43. The summed E-state index contributed by atoms with van der Waals surface area (Å²) in [6, 6.07) is 9.96. The van der Waals surface area contributed by atoms with Crippen LogP contribution in [0.2, 0.25) is 0 Å². The van der Waals surface area contributed by atoms with Crippen molar-refractivity contribution >= 4 is 35.4 Å². The van der Waals surface area contributed by atoms with Crippen LogP contribution in [0.25, 0.3) is 0 Å². The number of hydrogen-bond acceptors (Lipinski definition) is 8. The molecule has 6 atom stereocenters. The lowest BCUT2D eigenvalue weighted by molar-refractivity contribution is -0.142. The largest absolute Gasteiger partial charge is 0.416 e. The molecule has 2 aliphatic rings. The van der Waals surface area contributed by atoms with Gasteiger partial charge in [-0.1, -0.05) is 109 Å². The quantitative estimate of drug-likeness (QED) is 0.0735. The molecule has 2 aromatic carbocycles. The molecular weight excluding hydrogens is 938 g/mol. The number of benzene rings is 2. The van der Waals surface area contributed by atoms with E-state index >= 15 is 0 Å². The second-order valence-corrected chi connectivity index (χ2v) is 22.6. The van der Waals surface area contributed by atoms with Crippen LogP contribution in [0.15, 0.2) is 48.5 Å². The van der Waals surface area contributed by atoms with Crippen LogP contribution < -0.4 is 21.3 Å². The summed E-state index contributed by atoms with van der Waals surface area (Å²) < 4.78 is 41.3. The van der Waals surface area contributed by atoms with Crippen molar-refractivity contribution in [3.8, 4) is 0 Å². The van der Waals surface area contributed by atoms with E-state index in [0.717, 1.165) is 61.8 Å². The van der Waals surface area contributed by atoms with Crippen molar-refractivity contribution < 1.29 is 41.9 Å². The molecule has 4 rings (SSSR count). The molecule has 0 aromatic heterocycles. The van der Waals surface area contributed by atoms with Gasteiger partial charge >= 0.3 is 6.18 Å². The molecule has 2 aliphatic heterocycles. The number of aryl methyl sites for hydroxylation is 1. The predicted octanol–water partition coefficient (Wildman–Crippen LogP) is 7.75. The Bertz CT molecular complexity index is 2160. The highest BCUT2D eigenvalue weighted by molar-refractivity contribution is 5.91. The van der Waals surface area contributed by atoms with Gasteiger partial charge in [0.05, 0.1) is 17.6 Å². The number of halogens is 3. The second kappa shape index (κ2) is 27.5. The third kappa shape index (κ3) is 18.4. The molecule has 0 bridgehead atoms. The Morgan fingerprint density at radius 1 is 0.616 bits per heavy atom. The van der Waals surface area contributed by atoms with Gasteiger partial charge in [-0.15, -0.1) is 0 Å². The number of nitrogens with zero attached hydrogens (tertiary/aromatic N) is 4. The minimum atomic E-state index is -4.55. The molecule has 14 nitrogen and oxygen atoms in total. The Kier molecular flexibility index (Phi) is 22.8. The fourth-order valence-electron chi connectivity index (χ4n) is 9.75. The monoisotopic (exact) mass is 1020 g/mol. The zero-order valence-electron chi connectivity index (χ0n) is 45.7. The normalized spacial score (nSPS) is 17.9. The van der Waals surface area contributed by atoms with Gasteiger partial charge in [0.2, 0.25) is 35.4 Å². The van der Waals surface area contributed by atoms with E-state index in [4.69, 9.17) is 0 Å². The summed E-state index contributed by atoms with van der Waals surface area (Å²) in [5, 5.41) is 11.8. The first-order valence-corrected chi connectivity index (χ1v) is 26.6. The third-order valence-electron chi connectivity index (χ3n) is 14.5. The molecule has 408 valence electrons. The van der Waals surface area contributed by atoms with E-state index in [1.54, 1.807) is 43.8 Å². The van der Waals surface area contributed by atoms with Crippen molar-refractivity contribution in [2.24, 2.45) is 10.8 Å². The molecule has 1 unspecified atom stereocenters. The van der Waals surface area contributed by atoms with Crippen LogP contribution in [-0.2, 0) is 48.0 Å². The zero-order valence-corrected chi connectivity index (χ0v) is 45.7. The van der Waals surface area contributed by atoms with E-state index in [-0.39, 0.29) is 67.0 Å². The van der Waals surface area contributed by atoms with Crippen molar-refractivity contribution in [3.05, 3.63) is 70.8 Å². The SMILES string of the molecule is CN[C@@H](C)C(=O)NC(C(=O)N1CCC[C@H]1CN(Cc1cccc(C)c1)C(=O)CCCCCCCCC(=O)N(Cc1cccc(C(F)(F)F)c1)C[C@@H]1CCCN1C(=O)[C@@H](NC(=O)[C@H](C)NC)C(C)(C)C)C(C)(C)C. The minimum absolute atomic E-state index is 0.0142. The number of nitrogens with one attached hydrogen (secondary N) is 4. The van der Waals surface area contributed by atoms with Gasteiger partial charge < -0.3 is 40.9 Å². The molecule has 4 N–H and O–H groups in total. The summed E-state index contributed by atoms with van der Waals surface area (Å²) >= 11 is 0. The number of rotatable bonds is 25. The summed E-state index contributed by atoms with van der Waals surface area (Å²) in [5.74, 6) is -1.14. The van der Waals surface area contributed by atoms with Gasteiger partial charge in [0.25, 0.3) is 0 Å². The van der Waals surface area contributed by atoms with E-state index in [1.807, 2.05) is 76.5 Å². The molecule has 0 spiro atoms. The van der Waals surface area contributed by atoms with Crippen LogP contribution in [0.3, 0.4) is 0 Å². The smallest absolute Gasteiger partial charge is 0.342 e. The van der Waals surface area contributed by atoms with Gasteiger partial charge in [-0.3, -0.25) is 28.8 Å². The first-order valence-electron chi connectivity index (χ1n) is 26.6. The lowest BCUT2D eigenvalue weighted by atomic mass is 9.85. The van der Waals surface area contributed by atoms with E-state index in [9.17, 15) is 41.9 Å².